The van der Waals surface area contributed by atoms with Gasteiger partial charge in [0, 0.05) is 6.42 Å². The van der Waals surface area contributed by atoms with Gasteiger partial charge in [0.1, 0.15) is 17.5 Å². The van der Waals surface area contributed by atoms with Gasteiger partial charge in [-0.05, 0) is 26.2 Å². The highest BCUT2D eigenvalue weighted by Gasteiger charge is 2.42. The molecule has 0 N–H and O–H groups in total. The Balaban J connectivity index is 4.91. The fraction of sp³-hybridized carbons (Fsp3) is 0.750. The molecule has 0 aliphatic rings. The normalized spacial score (nSPS) is 14.3. The van der Waals surface area contributed by atoms with Crippen LogP contribution in [0.3, 0.4) is 0 Å². The fourth-order valence-electron chi connectivity index (χ4n) is 1.52. The SMILES string of the molecule is CCOC(=O)C(C=O)(CCC(C)=O)C(C)C. The highest BCUT2D eigenvalue weighted by atomic mass is 16.5. The molecule has 0 aromatic heterocycles. The lowest BCUT2D eigenvalue weighted by molar-refractivity contribution is -0.160. The van der Waals surface area contributed by atoms with Gasteiger partial charge >= 0.3 is 5.97 Å². The molecular formula is C12H20O4. The number of hydrogen-bond donors (Lipinski definition) is 0. The van der Waals surface area contributed by atoms with Crippen LogP contribution in [0.15, 0.2) is 0 Å². The van der Waals surface area contributed by atoms with E-state index in [0.717, 1.165) is 0 Å². The van der Waals surface area contributed by atoms with Gasteiger partial charge in [-0.3, -0.25) is 4.79 Å². The average Bonchev–Trinajstić information content (AvgIpc) is 2.18. The molecule has 1 unspecified atom stereocenters. The number of carbonyl (C=O) groups excluding carboxylic acids is 3. The molecule has 0 fully saturated rings. The Morgan fingerprint density at radius 2 is 1.94 bits per heavy atom. The topological polar surface area (TPSA) is 60.4 Å². The summed E-state index contributed by atoms with van der Waals surface area (Å²) in [4.78, 5) is 33.9. The molecule has 4 nitrogen and oxygen atoms in total. The van der Waals surface area contributed by atoms with Crippen LogP contribution in [-0.4, -0.2) is 24.6 Å². The lowest BCUT2D eigenvalue weighted by Gasteiger charge is -2.29. The van der Waals surface area contributed by atoms with E-state index in [0.29, 0.717) is 6.29 Å². The number of hydrogen-bond acceptors (Lipinski definition) is 4. The van der Waals surface area contributed by atoms with E-state index in [9.17, 15) is 14.4 Å². The Bertz CT molecular complexity index is 270. The summed E-state index contributed by atoms with van der Waals surface area (Å²) in [7, 11) is 0. The maximum atomic E-state index is 11.8. The summed E-state index contributed by atoms with van der Waals surface area (Å²) in [6.45, 7) is 6.94. The second kappa shape index (κ2) is 6.40. The molecule has 0 radical (unpaired) electrons. The van der Waals surface area contributed by atoms with Crippen LogP contribution in [-0.2, 0) is 19.1 Å². The first kappa shape index (κ1) is 14.8. The zero-order valence-corrected chi connectivity index (χ0v) is 10.4. The first-order valence-electron chi connectivity index (χ1n) is 5.53. The third kappa shape index (κ3) is 3.43. The second-order valence-corrected chi connectivity index (χ2v) is 4.24. The number of ketones is 1. The maximum Gasteiger partial charge on any atom is 0.319 e. The maximum absolute atomic E-state index is 11.8. The van der Waals surface area contributed by atoms with Gasteiger partial charge in [-0.1, -0.05) is 13.8 Å². The molecule has 92 valence electrons. The smallest absolute Gasteiger partial charge is 0.319 e. The monoisotopic (exact) mass is 228 g/mol. The summed E-state index contributed by atoms with van der Waals surface area (Å²) in [6.07, 6.45) is 1.07. The van der Waals surface area contributed by atoms with Crippen molar-refractivity contribution in [2.24, 2.45) is 11.3 Å². The Labute approximate surface area is 96.4 Å². The van der Waals surface area contributed by atoms with E-state index in [1.165, 1.54) is 6.92 Å². The van der Waals surface area contributed by atoms with Crippen molar-refractivity contribution in [1.29, 1.82) is 0 Å². The minimum atomic E-state index is -1.18. The molecule has 1 atom stereocenters. The van der Waals surface area contributed by atoms with Crippen molar-refractivity contribution in [2.45, 2.75) is 40.5 Å². The van der Waals surface area contributed by atoms with Gasteiger partial charge in [0.2, 0.25) is 0 Å². The average molecular weight is 228 g/mol. The molecule has 16 heavy (non-hydrogen) atoms. The van der Waals surface area contributed by atoms with E-state index in [4.69, 9.17) is 4.74 Å². The van der Waals surface area contributed by atoms with Crippen LogP contribution < -0.4 is 0 Å². The van der Waals surface area contributed by atoms with E-state index >= 15 is 0 Å². The first-order chi connectivity index (χ1) is 7.40. The van der Waals surface area contributed by atoms with Crippen LogP contribution in [0.1, 0.15) is 40.5 Å². The number of carbonyl (C=O) groups is 3. The molecular weight excluding hydrogens is 208 g/mol. The summed E-state index contributed by atoms with van der Waals surface area (Å²) in [5.74, 6) is -0.735. The number of aldehydes is 1. The molecule has 0 spiro atoms. The van der Waals surface area contributed by atoms with Crippen LogP contribution in [0, 0.1) is 11.3 Å². The molecule has 0 aliphatic carbocycles. The minimum Gasteiger partial charge on any atom is -0.465 e. The van der Waals surface area contributed by atoms with Crippen molar-refractivity contribution in [2.75, 3.05) is 6.61 Å². The molecule has 0 heterocycles. The van der Waals surface area contributed by atoms with Gasteiger partial charge in [0.05, 0.1) is 6.61 Å². The van der Waals surface area contributed by atoms with Gasteiger partial charge < -0.3 is 14.3 Å². The Hall–Kier alpha value is -1.19. The van der Waals surface area contributed by atoms with Crippen LogP contribution >= 0.6 is 0 Å². The van der Waals surface area contributed by atoms with Crippen molar-refractivity contribution >= 4 is 18.0 Å². The molecule has 0 aliphatic heterocycles. The molecule has 0 aromatic carbocycles. The molecule has 0 rings (SSSR count). The second-order valence-electron chi connectivity index (χ2n) is 4.24. The fourth-order valence-corrected chi connectivity index (χ4v) is 1.52. The summed E-state index contributed by atoms with van der Waals surface area (Å²) in [5.41, 5.74) is -1.18. The molecule has 0 saturated carbocycles. The quantitative estimate of drug-likeness (QED) is 0.378. The highest BCUT2D eigenvalue weighted by molar-refractivity contribution is 5.94. The predicted octanol–water partition coefficient (Wildman–Crippen LogP) is 1.76. The van der Waals surface area contributed by atoms with Crippen LogP contribution in [0.2, 0.25) is 0 Å². The van der Waals surface area contributed by atoms with Crippen molar-refractivity contribution in [3.05, 3.63) is 0 Å². The third-order valence-corrected chi connectivity index (χ3v) is 2.79. The zero-order chi connectivity index (χ0) is 12.8. The van der Waals surface area contributed by atoms with Crippen molar-refractivity contribution < 1.29 is 19.1 Å². The van der Waals surface area contributed by atoms with Crippen LogP contribution in [0.25, 0.3) is 0 Å². The van der Waals surface area contributed by atoms with Crippen molar-refractivity contribution in [3.63, 3.8) is 0 Å². The van der Waals surface area contributed by atoms with E-state index in [1.807, 2.05) is 0 Å². The molecule has 0 saturated heterocycles. The number of rotatable bonds is 7. The summed E-state index contributed by atoms with van der Waals surface area (Å²) in [6, 6.07) is 0. The van der Waals surface area contributed by atoms with E-state index in [-0.39, 0.29) is 31.1 Å². The highest BCUT2D eigenvalue weighted by Crippen LogP contribution is 2.32. The predicted molar refractivity (Wildman–Crippen MR) is 59.9 cm³/mol. The number of ether oxygens (including phenoxy) is 1. The Kier molecular flexibility index (Phi) is 5.93. The standard InChI is InChI=1S/C12H20O4/c1-5-16-11(15)12(8-13,9(2)3)7-6-10(4)14/h8-9H,5-7H2,1-4H3. The molecule has 0 aromatic rings. The van der Waals surface area contributed by atoms with E-state index < -0.39 is 11.4 Å². The summed E-state index contributed by atoms with van der Waals surface area (Å²) in [5, 5.41) is 0. The molecule has 0 amide bonds. The van der Waals surface area contributed by atoms with Gasteiger partial charge in [0.15, 0.2) is 0 Å². The Morgan fingerprint density at radius 3 is 2.25 bits per heavy atom. The molecule has 4 heteroatoms. The lowest BCUT2D eigenvalue weighted by atomic mass is 9.74. The van der Waals surface area contributed by atoms with Gasteiger partial charge in [-0.15, -0.1) is 0 Å². The zero-order valence-electron chi connectivity index (χ0n) is 10.4. The largest absolute Gasteiger partial charge is 0.465 e. The Morgan fingerprint density at radius 1 is 1.38 bits per heavy atom. The summed E-state index contributed by atoms with van der Waals surface area (Å²) < 4.78 is 4.91. The van der Waals surface area contributed by atoms with Crippen LogP contribution in [0.5, 0.6) is 0 Å². The van der Waals surface area contributed by atoms with Crippen molar-refractivity contribution in [3.8, 4) is 0 Å². The van der Waals surface area contributed by atoms with Gasteiger partial charge in [-0.2, -0.15) is 0 Å². The lowest BCUT2D eigenvalue weighted by Crippen LogP contribution is -2.40. The van der Waals surface area contributed by atoms with E-state index in [1.54, 1.807) is 20.8 Å². The van der Waals surface area contributed by atoms with E-state index in [2.05, 4.69) is 0 Å². The number of Topliss-reactive ketones (excluding diaryl/α,β-unsaturated/α-hetero) is 1. The summed E-state index contributed by atoms with van der Waals surface area (Å²) >= 11 is 0. The first-order valence-corrected chi connectivity index (χ1v) is 5.53. The van der Waals surface area contributed by atoms with Gasteiger partial charge in [-0.25, -0.2) is 0 Å². The minimum absolute atomic E-state index is 0.0313. The third-order valence-electron chi connectivity index (χ3n) is 2.79. The van der Waals surface area contributed by atoms with Gasteiger partial charge in [0.25, 0.3) is 0 Å². The van der Waals surface area contributed by atoms with Crippen molar-refractivity contribution in [1.82, 2.24) is 0 Å². The molecule has 0 bridgehead atoms. The van der Waals surface area contributed by atoms with Crippen LogP contribution in [0.4, 0.5) is 0 Å². The number of esters is 1.